The lowest BCUT2D eigenvalue weighted by Gasteiger charge is -2.18. The number of carboxylic acids is 1. The van der Waals surface area contributed by atoms with E-state index in [1.807, 2.05) is 30.3 Å². The first kappa shape index (κ1) is 18.8. The van der Waals surface area contributed by atoms with Gasteiger partial charge >= 0.3 is 5.97 Å². The van der Waals surface area contributed by atoms with Crippen LogP contribution in [0.4, 0.5) is 0 Å². The Morgan fingerprint density at radius 3 is 2.74 bits per heavy atom. The zero-order valence-corrected chi connectivity index (χ0v) is 15.3. The van der Waals surface area contributed by atoms with Crippen molar-refractivity contribution in [3.8, 4) is 0 Å². The molecule has 1 atom stereocenters. The molecule has 0 fully saturated rings. The van der Waals surface area contributed by atoms with Gasteiger partial charge in [-0.15, -0.1) is 11.3 Å². The summed E-state index contributed by atoms with van der Waals surface area (Å²) in [5, 5.41) is 14.1. The number of fused-ring (bicyclic) bond motifs is 1. The van der Waals surface area contributed by atoms with Crippen LogP contribution in [0.1, 0.15) is 18.4 Å². The third-order valence-corrected chi connectivity index (χ3v) is 4.98. The van der Waals surface area contributed by atoms with Crippen molar-refractivity contribution in [1.82, 2.24) is 14.9 Å². The molecule has 0 bridgehead atoms. The molecule has 0 spiro atoms. The zero-order chi connectivity index (χ0) is 19.2. The third-order valence-electron chi connectivity index (χ3n) is 4.16. The summed E-state index contributed by atoms with van der Waals surface area (Å²) in [5.41, 5.74) is 0.744. The fourth-order valence-electron chi connectivity index (χ4n) is 2.86. The van der Waals surface area contributed by atoms with Crippen LogP contribution >= 0.6 is 11.3 Å². The molecule has 2 N–H and O–H groups in total. The number of nitrogens with one attached hydrogen (secondary N) is 1. The van der Waals surface area contributed by atoms with Crippen LogP contribution in [0.5, 0.6) is 0 Å². The van der Waals surface area contributed by atoms with Gasteiger partial charge in [-0.2, -0.15) is 0 Å². The maximum atomic E-state index is 12.4. The first-order chi connectivity index (χ1) is 13.0. The van der Waals surface area contributed by atoms with Crippen molar-refractivity contribution in [3.05, 3.63) is 64.0 Å². The van der Waals surface area contributed by atoms with E-state index < -0.39 is 5.97 Å². The van der Waals surface area contributed by atoms with Crippen molar-refractivity contribution in [3.63, 3.8) is 0 Å². The van der Waals surface area contributed by atoms with E-state index in [4.69, 9.17) is 5.11 Å². The topological polar surface area (TPSA) is 101 Å². The standard InChI is InChI=1S/C19H19N3O4S/c23-16(11-22-12-20-18-15(19(22)26)8-9-27-18)21-14(6-7-17(24)25)10-13-4-2-1-3-5-13/h1-5,8-9,12,14H,6-7,10-11H2,(H,21,23)(H,24,25). The number of aliphatic carboxylic acids is 1. The zero-order valence-electron chi connectivity index (χ0n) is 14.5. The smallest absolute Gasteiger partial charge is 0.303 e. The monoisotopic (exact) mass is 385 g/mol. The predicted octanol–water partition coefficient (Wildman–Crippen LogP) is 2.05. The summed E-state index contributed by atoms with van der Waals surface area (Å²) in [6.45, 7) is -0.157. The third kappa shape index (κ3) is 5.01. The predicted molar refractivity (Wildman–Crippen MR) is 103 cm³/mol. The second-order valence-electron chi connectivity index (χ2n) is 6.20. The summed E-state index contributed by atoms with van der Waals surface area (Å²) in [6.07, 6.45) is 2.16. The molecule has 3 rings (SSSR count). The van der Waals surface area contributed by atoms with Gasteiger partial charge in [-0.25, -0.2) is 4.98 Å². The number of aromatic nitrogens is 2. The number of rotatable bonds is 8. The van der Waals surface area contributed by atoms with Crippen molar-refractivity contribution >= 4 is 33.4 Å². The average Bonchev–Trinajstić information content (AvgIpc) is 3.12. The molecule has 0 aliphatic rings. The van der Waals surface area contributed by atoms with E-state index in [0.717, 1.165) is 5.56 Å². The van der Waals surface area contributed by atoms with Crippen LogP contribution in [-0.2, 0) is 22.6 Å². The van der Waals surface area contributed by atoms with E-state index >= 15 is 0 Å². The molecule has 0 aliphatic heterocycles. The van der Waals surface area contributed by atoms with Crippen molar-refractivity contribution < 1.29 is 14.7 Å². The lowest BCUT2D eigenvalue weighted by atomic mass is 10.0. The molecular formula is C19H19N3O4S. The number of hydrogen-bond acceptors (Lipinski definition) is 5. The second kappa shape index (κ2) is 8.59. The van der Waals surface area contributed by atoms with Gasteiger partial charge in [0.15, 0.2) is 0 Å². The highest BCUT2D eigenvalue weighted by Crippen LogP contribution is 2.13. The number of hydrogen-bond donors (Lipinski definition) is 2. The largest absolute Gasteiger partial charge is 0.481 e. The molecule has 1 aromatic carbocycles. The number of carbonyl (C=O) groups excluding carboxylic acids is 1. The normalized spacial score (nSPS) is 12.0. The van der Waals surface area contributed by atoms with Crippen LogP contribution in [0.2, 0.25) is 0 Å². The van der Waals surface area contributed by atoms with Crippen molar-refractivity contribution in [2.24, 2.45) is 0 Å². The van der Waals surface area contributed by atoms with E-state index in [-0.39, 0.29) is 30.5 Å². The summed E-state index contributed by atoms with van der Waals surface area (Å²) < 4.78 is 1.27. The number of carboxylic acid groups (broad SMARTS) is 1. The Morgan fingerprint density at radius 1 is 1.22 bits per heavy atom. The molecule has 0 radical (unpaired) electrons. The highest BCUT2D eigenvalue weighted by molar-refractivity contribution is 7.16. The number of nitrogens with zero attached hydrogens (tertiary/aromatic N) is 2. The molecule has 8 heteroatoms. The molecule has 0 saturated heterocycles. The van der Waals surface area contributed by atoms with E-state index in [1.165, 1.54) is 22.2 Å². The second-order valence-corrected chi connectivity index (χ2v) is 7.10. The van der Waals surface area contributed by atoms with Crippen LogP contribution in [0.15, 0.2) is 52.9 Å². The Labute approximate surface area is 159 Å². The lowest BCUT2D eigenvalue weighted by Crippen LogP contribution is -2.40. The van der Waals surface area contributed by atoms with Crippen molar-refractivity contribution in [1.29, 1.82) is 0 Å². The minimum atomic E-state index is -0.911. The van der Waals surface area contributed by atoms with Crippen LogP contribution in [0, 0.1) is 0 Å². The Balaban J connectivity index is 1.69. The van der Waals surface area contributed by atoms with E-state index in [1.54, 1.807) is 11.4 Å². The Bertz CT molecular complexity index is 997. The number of thiophene rings is 1. The molecule has 27 heavy (non-hydrogen) atoms. The van der Waals surface area contributed by atoms with Crippen molar-refractivity contribution in [2.45, 2.75) is 31.8 Å². The summed E-state index contributed by atoms with van der Waals surface area (Å²) >= 11 is 1.37. The molecule has 2 heterocycles. The number of amides is 1. The Hall–Kier alpha value is -3.00. The van der Waals surface area contributed by atoms with Gasteiger partial charge in [-0.1, -0.05) is 30.3 Å². The van der Waals surface area contributed by atoms with E-state index in [0.29, 0.717) is 23.1 Å². The fraction of sp³-hybridized carbons (Fsp3) is 0.263. The van der Waals surface area contributed by atoms with Crippen LogP contribution in [-0.4, -0.2) is 32.6 Å². The summed E-state index contributed by atoms with van der Waals surface area (Å²) in [5.74, 6) is -1.26. The van der Waals surface area contributed by atoms with Crippen LogP contribution in [0.25, 0.3) is 10.2 Å². The highest BCUT2D eigenvalue weighted by atomic mass is 32.1. The minimum absolute atomic E-state index is 0.0415. The molecule has 3 aromatic rings. The van der Waals surface area contributed by atoms with Crippen molar-refractivity contribution in [2.75, 3.05) is 0 Å². The first-order valence-corrected chi connectivity index (χ1v) is 9.38. The van der Waals surface area contributed by atoms with Gasteiger partial charge in [-0.05, 0) is 29.9 Å². The molecule has 2 aromatic heterocycles. The minimum Gasteiger partial charge on any atom is -0.481 e. The van der Waals surface area contributed by atoms with Gasteiger partial charge in [0, 0.05) is 12.5 Å². The fourth-order valence-corrected chi connectivity index (χ4v) is 3.58. The summed E-state index contributed by atoms with van der Waals surface area (Å²) in [4.78, 5) is 40.6. The highest BCUT2D eigenvalue weighted by Gasteiger charge is 2.16. The van der Waals surface area contributed by atoms with E-state index in [2.05, 4.69) is 10.3 Å². The summed E-state index contributed by atoms with van der Waals surface area (Å²) in [7, 11) is 0. The van der Waals surface area contributed by atoms with Gasteiger partial charge in [0.05, 0.1) is 11.7 Å². The molecule has 7 nitrogen and oxygen atoms in total. The van der Waals surface area contributed by atoms with Gasteiger partial charge < -0.3 is 10.4 Å². The molecule has 0 aliphatic carbocycles. The molecule has 140 valence electrons. The number of carbonyl (C=O) groups is 2. The van der Waals surface area contributed by atoms with Gasteiger partial charge in [-0.3, -0.25) is 19.0 Å². The lowest BCUT2D eigenvalue weighted by molar-refractivity contribution is -0.137. The Kier molecular flexibility index (Phi) is 5.97. The first-order valence-electron chi connectivity index (χ1n) is 8.50. The summed E-state index contributed by atoms with van der Waals surface area (Å²) in [6, 6.07) is 10.9. The SMILES string of the molecule is O=C(O)CCC(Cc1ccccc1)NC(=O)Cn1cnc2sccc2c1=O. The maximum absolute atomic E-state index is 12.4. The Morgan fingerprint density at radius 2 is 2.00 bits per heavy atom. The van der Waals surface area contributed by atoms with Gasteiger partial charge in [0.1, 0.15) is 11.4 Å². The van der Waals surface area contributed by atoms with Crippen LogP contribution in [0.3, 0.4) is 0 Å². The number of benzene rings is 1. The molecule has 0 saturated carbocycles. The molecule has 1 amide bonds. The quantitative estimate of drug-likeness (QED) is 0.618. The van der Waals surface area contributed by atoms with Gasteiger partial charge in [0.2, 0.25) is 5.91 Å². The van der Waals surface area contributed by atoms with Crippen LogP contribution < -0.4 is 10.9 Å². The molecular weight excluding hydrogens is 366 g/mol. The molecule has 1 unspecified atom stereocenters. The maximum Gasteiger partial charge on any atom is 0.303 e. The average molecular weight is 385 g/mol. The van der Waals surface area contributed by atoms with E-state index in [9.17, 15) is 14.4 Å². The van der Waals surface area contributed by atoms with Gasteiger partial charge in [0.25, 0.3) is 5.56 Å².